The van der Waals surface area contributed by atoms with Gasteiger partial charge in [0.05, 0.1) is 0 Å². The molecule has 0 amide bonds. The molecule has 0 aromatic carbocycles. The minimum atomic E-state index is 0.342. The molecule has 4 saturated carbocycles. The van der Waals surface area contributed by atoms with E-state index in [1.54, 1.807) is 0 Å². The van der Waals surface area contributed by atoms with Gasteiger partial charge in [-0.25, -0.2) is 0 Å². The maximum absolute atomic E-state index is 8.54. The molecule has 0 aliphatic heterocycles. The van der Waals surface area contributed by atoms with Crippen LogP contribution in [-0.4, -0.2) is 23.6 Å². The minimum Gasteiger partial charge on any atom is -0.409 e. The van der Waals surface area contributed by atoms with Crippen molar-refractivity contribution in [2.45, 2.75) is 64.3 Å². The zero-order chi connectivity index (χ0) is 14.2. The molecule has 1 atom stereocenters. The van der Waals surface area contributed by atoms with Gasteiger partial charge >= 0.3 is 0 Å². The second-order valence-corrected chi connectivity index (χ2v) is 7.65. The Morgan fingerprint density at radius 2 is 1.80 bits per heavy atom. The summed E-state index contributed by atoms with van der Waals surface area (Å²) in [5, 5.41) is 15.3. The molecular weight excluding hydrogens is 250 g/mol. The number of amidine groups is 1. The fourth-order valence-electron chi connectivity index (χ4n) is 5.56. The molecule has 0 aromatic rings. The first-order valence-electron chi connectivity index (χ1n) is 8.31. The maximum atomic E-state index is 8.54. The lowest BCUT2D eigenvalue weighted by atomic mass is 9.48. The van der Waals surface area contributed by atoms with Gasteiger partial charge < -0.3 is 16.3 Å². The van der Waals surface area contributed by atoms with Crippen molar-refractivity contribution >= 4 is 5.84 Å². The Hall–Kier alpha value is -0.770. The third-order valence-corrected chi connectivity index (χ3v) is 6.19. The number of nitrogens with one attached hydrogen (secondary N) is 1. The normalized spacial score (nSPS) is 41.0. The Kier molecular flexibility index (Phi) is 3.93. The Bertz CT molecular complexity index is 345. The van der Waals surface area contributed by atoms with E-state index in [4.69, 9.17) is 10.9 Å². The van der Waals surface area contributed by atoms with Crippen molar-refractivity contribution in [3.8, 4) is 0 Å². The molecule has 0 radical (unpaired) electrons. The molecule has 4 bridgehead atoms. The average molecular weight is 279 g/mol. The van der Waals surface area contributed by atoms with Gasteiger partial charge in [-0.2, -0.15) is 0 Å². The van der Waals surface area contributed by atoms with Crippen LogP contribution in [0.5, 0.6) is 0 Å². The van der Waals surface area contributed by atoms with Crippen LogP contribution in [0.15, 0.2) is 5.16 Å². The van der Waals surface area contributed by atoms with Crippen LogP contribution in [0.1, 0.15) is 58.3 Å². The van der Waals surface area contributed by atoms with Crippen molar-refractivity contribution < 1.29 is 5.21 Å². The summed E-state index contributed by atoms with van der Waals surface area (Å²) >= 11 is 0. The lowest BCUT2D eigenvalue weighted by molar-refractivity contribution is -0.0702. The standard InChI is InChI=1S/C16H29N3O/c1-11(18-4-2-3-15(17)19-20)16-8-12-5-13(9-16)7-14(6-12)10-16/h11-14,18,20H,2-10H2,1H3,(H2,17,19). The van der Waals surface area contributed by atoms with Crippen LogP contribution in [0.3, 0.4) is 0 Å². The summed E-state index contributed by atoms with van der Waals surface area (Å²) in [6.07, 6.45) is 10.5. The molecule has 4 rings (SSSR count). The van der Waals surface area contributed by atoms with Gasteiger partial charge in [0.25, 0.3) is 0 Å². The molecule has 4 heteroatoms. The monoisotopic (exact) mass is 279 g/mol. The van der Waals surface area contributed by atoms with Crippen molar-refractivity contribution in [1.29, 1.82) is 0 Å². The summed E-state index contributed by atoms with van der Waals surface area (Å²) in [4.78, 5) is 0. The molecule has 4 aliphatic carbocycles. The second kappa shape index (κ2) is 5.55. The summed E-state index contributed by atoms with van der Waals surface area (Å²) in [5.41, 5.74) is 6.08. The van der Waals surface area contributed by atoms with Crippen LogP contribution < -0.4 is 11.1 Å². The number of nitrogens with zero attached hydrogens (tertiary/aromatic N) is 1. The molecule has 4 fully saturated rings. The summed E-state index contributed by atoms with van der Waals surface area (Å²) < 4.78 is 0. The predicted molar refractivity (Wildman–Crippen MR) is 80.7 cm³/mol. The van der Waals surface area contributed by atoms with Crippen LogP contribution in [0.25, 0.3) is 0 Å². The molecule has 4 nitrogen and oxygen atoms in total. The SMILES string of the molecule is CC(NCCCC(N)=NO)C12CC3CC(CC(C3)C1)C2. The first-order valence-corrected chi connectivity index (χ1v) is 8.31. The molecule has 4 N–H and O–H groups in total. The van der Waals surface area contributed by atoms with Gasteiger partial charge in [0.1, 0.15) is 5.84 Å². The van der Waals surface area contributed by atoms with E-state index in [9.17, 15) is 0 Å². The first-order chi connectivity index (χ1) is 9.61. The van der Waals surface area contributed by atoms with Crippen LogP contribution >= 0.6 is 0 Å². The Labute approximate surface area is 122 Å². The lowest BCUT2D eigenvalue weighted by Crippen LogP contribution is -2.55. The third kappa shape index (κ3) is 2.67. The van der Waals surface area contributed by atoms with Crippen LogP contribution in [-0.2, 0) is 0 Å². The minimum absolute atomic E-state index is 0.342. The maximum Gasteiger partial charge on any atom is 0.139 e. The van der Waals surface area contributed by atoms with Crippen LogP contribution in [0, 0.1) is 23.2 Å². The van der Waals surface area contributed by atoms with E-state index in [0.29, 0.717) is 23.7 Å². The molecule has 0 spiro atoms. The van der Waals surface area contributed by atoms with E-state index >= 15 is 0 Å². The first kappa shape index (κ1) is 14.2. The second-order valence-electron chi connectivity index (χ2n) is 7.65. The molecule has 20 heavy (non-hydrogen) atoms. The summed E-state index contributed by atoms with van der Waals surface area (Å²) in [7, 11) is 0. The van der Waals surface area contributed by atoms with Crippen LogP contribution in [0.2, 0.25) is 0 Å². The van der Waals surface area contributed by atoms with E-state index in [1.807, 2.05) is 0 Å². The topological polar surface area (TPSA) is 70.6 Å². The van der Waals surface area contributed by atoms with Gasteiger partial charge in [0.2, 0.25) is 0 Å². The highest BCUT2D eigenvalue weighted by Gasteiger charge is 2.52. The van der Waals surface area contributed by atoms with E-state index < -0.39 is 0 Å². The molecule has 1 unspecified atom stereocenters. The highest BCUT2D eigenvalue weighted by atomic mass is 16.4. The van der Waals surface area contributed by atoms with Crippen molar-refractivity contribution in [3.05, 3.63) is 0 Å². The van der Waals surface area contributed by atoms with Gasteiger partial charge in [-0.15, -0.1) is 0 Å². The smallest absolute Gasteiger partial charge is 0.139 e. The van der Waals surface area contributed by atoms with Gasteiger partial charge in [-0.1, -0.05) is 5.16 Å². The summed E-state index contributed by atoms with van der Waals surface area (Å²) in [6.45, 7) is 3.36. The molecular formula is C16H29N3O. The van der Waals surface area contributed by atoms with E-state index in [1.165, 1.54) is 38.5 Å². The zero-order valence-corrected chi connectivity index (χ0v) is 12.6. The quantitative estimate of drug-likeness (QED) is 0.230. The fourth-order valence-corrected chi connectivity index (χ4v) is 5.56. The van der Waals surface area contributed by atoms with Gasteiger partial charge in [0, 0.05) is 12.5 Å². The van der Waals surface area contributed by atoms with Crippen molar-refractivity contribution in [2.75, 3.05) is 6.54 Å². The zero-order valence-electron chi connectivity index (χ0n) is 12.6. The molecule has 0 aromatic heterocycles. The average Bonchev–Trinajstić information content (AvgIpc) is 2.41. The number of rotatable bonds is 6. The summed E-state index contributed by atoms with van der Waals surface area (Å²) in [6, 6.07) is 0.614. The number of oxime groups is 1. The van der Waals surface area contributed by atoms with E-state index in [2.05, 4.69) is 17.4 Å². The Morgan fingerprint density at radius 3 is 2.30 bits per heavy atom. The summed E-state index contributed by atoms with van der Waals surface area (Å²) in [5.74, 6) is 3.39. The number of hydrogen-bond acceptors (Lipinski definition) is 3. The Morgan fingerprint density at radius 1 is 1.25 bits per heavy atom. The van der Waals surface area contributed by atoms with Gasteiger partial charge in [-0.3, -0.25) is 0 Å². The predicted octanol–water partition coefficient (Wildman–Crippen LogP) is 2.71. The van der Waals surface area contributed by atoms with E-state index in [0.717, 1.165) is 30.7 Å². The Balaban J connectivity index is 1.51. The molecule has 114 valence electrons. The van der Waals surface area contributed by atoms with Gasteiger partial charge in [0.15, 0.2) is 0 Å². The molecule has 0 heterocycles. The van der Waals surface area contributed by atoms with Crippen molar-refractivity contribution in [3.63, 3.8) is 0 Å². The van der Waals surface area contributed by atoms with Crippen LogP contribution in [0.4, 0.5) is 0 Å². The van der Waals surface area contributed by atoms with E-state index in [-0.39, 0.29) is 0 Å². The number of nitrogens with two attached hydrogens (primary N) is 1. The van der Waals surface area contributed by atoms with Gasteiger partial charge in [-0.05, 0) is 81.6 Å². The largest absolute Gasteiger partial charge is 0.409 e. The molecule has 4 aliphatic rings. The molecule has 0 saturated heterocycles. The van der Waals surface area contributed by atoms with Crippen molar-refractivity contribution in [1.82, 2.24) is 5.32 Å². The lowest BCUT2D eigenvalue weighted by Gasteiger charge is -2.59. The highest BCUT2D eigenvalue weighted by Crippen LogP contribution is 2.61. The highest BCUT2D eigenvalue weighted by molar-refractivity contribution is 5.79. The number of hydrogen-bond donors (Lipinski definition) is 3. The van der Waals surface area contributed by atoms with Crippen molar-refractivity contribution in [2.24, 2.45) is 34.1 Å². The third-order valence-electron chi connectivity index (χ3n) is 6.19. The fraction of sp³-hybridized carbons (Fsp3) is 0.938.